The quantitative estimate of drug-likeness (QED) is 0.536. The molecule has 11 heavy (non-hydrogen) atoms. The summed E-state index contributed by atoms with van der Waals surface area (Å²) in [6, 6.07) is 8.36. The fourth-order valence-corrected chi connectivity index (χ4v) is 1.33. The Hall–Kier alpha value is -1.18. The van der Waals surface area contributed by atoms with Crippen LogP contribution in [0.15, 0.2) is 29.7 Å². The highest BCUT2D eigenvalue weighted by atomic mass is 14.9. The molecule has 1 aliphatic heterocycles. The number of rotatable bonds is 0. The van der Waals surface area contributed by atoms with Crippen LogP contribution in [0.2, 0.25) is 0 Å². The Balaban J connectivity index is 2.51. The van der Waals surface area contributed by atoms with Crippen LogP contribution in [0.1, 0.15) is 5.56 Å². The topological polar surface area (TPSA) is 12.0 Å². The molecule has 0 saturated carbocycles. The average molecular weight is 143 g/mol. The third-order valence-electron chi connectivity index (χ3n) is 1.92. The highest BCUT2D eigenvalue weighted by Gasteiger charge is 2.03. The number of fused-ring (bicyclic) bond motifs is 1. The molecule has 0 aromatic heterocycles. The summed E-state index contributed by atoms with van der Waals surface area (Å²) in [5.74, 6) is 0. The molecule has 1 heterocycles. The summed E-state index contributed by atoms with van der Waals surface area (Å²) in [6.45, 7) is 0.983. The lowest BCUT2D eigenvalue weighted by Crippen LogP contribution is -2.09. The van der Waals surface area contributed by atoms with Crippen molar-refractivity contribution in [3.05, 3.63) is 35.3 Å². The lowest BCUT2D eigenvalue weighted by molar-refractivity contribution is 1.29. The van der Waals surface area contributed by atoms with Crippen LogP contribution in [-0.4, -0.2) is 14.4 Å². The Morgan fingerprint density at radius 1 is 1.27 bits per heavy atom. The highest BCUT2D eigenvalue weighted by molar-refractivity contribution is 6.25. The summed E-state index contributed by atoms with van der Waals surface area (Å²) in [6.07, 6.45) is 2.23. The van der Waals surface area contributed by atoms with Gasteiger partial charge < -0.3 is 5.32 Å². The fourth-order valence-electron chi connectivity index (χ4n) is 1.33. The first kappa shape index (κ1) is 6.53. The van der Waals surface area contributed by atoms with Gasteiger partial charge in [0.25, 0.3) is 0 Å². The lowest BCUT2D eigenvalue weighted by Gasteiger charge is -2.15. The van der Waals surface area contributed by atoms with Gasteiger partial charge >= 0.3 is 0 Å². The minimum Gasteiger partial charge on any atom is -0.382 e. The van der Waals surface area contributed by atoms with E-state index in [1.54, 1.807) is 0 Å². The van der Waals surface area contributed by atoms with E-state index in [-0.39, 0.29) is 0 Å². The lowest BCUT2D eigenvalue weighted by atomic mass is 9.90. The first-order valence-electron chi connectivity index (χ1n) is 3.86. The van der Waals surface area contributed by atoms with E-state index in [1.165, 1.54) is 16.7 Å². The van der Waals surface area contributed by atoms with Gasteiger partial charge in [-0.3, -0.25) is 0 Å². The van der Waals surface area contributed by atoms with Crippen molar-refractivity contribution in [1.29, 1.82) is 0 Å². The number of nitrogens with one attached hydrogen (secondary N) is 1. The van der Waals surface area contributed by atoms with Crippen molar-refractivity contribution in [3.63, 3.8) is 0 Å². The van der Waals surface area contributed by atoms with Gasteiger partial charge in [-0.05, 0) is 11.6 Å². The molecular weight excluding hydrogens is 133 g/mol. The Morgan fingerprint density at radius 2 is 2.09 bits per heavy atom. The van der Waals surface area contributed by atoms with Crippen LogP contribution in [0.4, 0.5) is 5.69 Å². The minimum absolute atomic E-state index is 0.983. The smallest absolute Gasteiger partial charge is 0.136 e. The van der Waals surface area contributed by atoms with Crippen LogP contribution in [0, 0.1) is 0 Å². The molecule has 0 saturated heterocycles. The summed E-state index contributed by atoms with van der Waals surface area (Å²) in [5.41, 5.74) is 3.94. The van der Waals surface area contributed by atoms with Crippen LogP contribution in [-0.2, 0) is 0 Å². The normalized spacial score (nSPS) is 14.7. The molecule has 0 fully saturated rings. The second-order valence-corrected chi connectivity index (χ2v) is 2.93. The second-order valence-electron chi connectivity index (χ2n) is 2.93. The molecule has 0 bridgehead atoms. The molecule has 1 N–H and O–H groups in total. The van der Waals surface area contributed by atoms with E-state index in [2.05, 4.69) is 43.5 Å². The number of benzene rings is 1. The Labute approximate surface area is 67.5 Å². The average Bonchev–Trinajstić information content (AvgIpc) is 2.04. The Kier molecular flexibility index (Phi) is 1.46. The molecule has 2 heteroatoms. The maximum Gasteiger partial charge on any atom is 0.136 e. The number of hydrogen-bond donors (Lipinski definition) is 1. The van der Waals surface area contributed by atoms with E-state index < -0.39 is 0 Å². The summed E-state index contributed by atoms with van der Waals surface area (Å²) in [5, 5.41) is 3.34. The van der Waals surface area contributed by atoms with E-state index in [9.17, 15) is 0 Å². The molecule has 0 atom stereocenters. The molecule has 0 aliphatic carbocycles. The third-order valence-corrected chi connectivity index (χ3v) is 1.92. The van der Waals surface area contributed by atoms with Gasteiger partial charge in [0.15, 0.2) is 0 Å². The monoisotopic (exact) mass is 143 g/mol. The first-order valence-corrected chi connectivity index (χ1v) is 3.86. The van der Waals surface area contributed by atoms with Crippen molar-refractivity contribution in [2.45, 2.75) is 0 Å². The molecule has 0 unspecified atom stereocenters. The van der Waals surface area contributed by atoms with Crippen LogP contribution < -0.4 is 5.32 Å². The molecule has 54 valence electrons. The Bertz CT molecular complexity index is 304. The van der Waals surface area contributed by atoms with Gasteiger partial charge in [0.1, 0.15) is 7.85 Å². The molecule has 1 aromatic rings. The zero-order valence-corrected chi connectivity index (χ0v) is 6.59. The van der Waals surface area contributed by atoms with Crippen LogP contribution >= 0.6 is 0 Å². The van der Waals surface area contributed by atoms with E-state index in [4.69, 9.17) is 0 Å². The SMILES string of the molecule is BC1=Cc2ccccc2NC1. The molecule has 0 amide bonds. The van der Waals surface area contributed by atoms with Gasteiger partial charge in [0, 0.05) is 12.2 Å². The number of anilines is 1. The molecule has 1 nitrogen and oxygen atoms in total. The van der Waals surface area contributed by atoms with Crippen molar-refractivity contribution in [2.24, 2.45) is 0 Å². The summed E-state index contributed by atoms with van der Waals surface area (Å²) < 4.78 is 0. The zero-order chi connectivity index (χ0) is 7.68. The van der Waals surface area contributed by atoms with Crippen molar-refractivity contribution < 1.29 is 0 Å². The predicted molar refractivity (Wildman–Crippen MR) is 51.5 cm³/mol. The fraction of sp³-hybridized carbons (Fsp3) is 0.111. The summed E-state index contributed by atoms with van der Waals surface area (Å²) in [7, 11) is 2.14. The molecule has 0 spiro atoms. The maximum absolute atomic E-state index is 3.34. The van der Waals surface area contributed by atoms with Crippen molar-refractivity contribution >= 4 is 19.6 Å². The number of para-hydroxylation sites is 1. The van der Waals surface area contributed by atoms with Crippen molar-refractivity contribution in [1.82, 2.24) is 0 Å². The standard InChI is InChI=1S/C9H10BN/c10-8-5-7-3-1-2-4-9(7)11-6-8/h1-5,11H,6,10H2. The number of hydrogen-bond acceptors (Lipinski definition) is 1. The molecule has 2 rings (SSSR count). The van der Waals surface area contributed by atoms with E-state index >= 15 is 0 Å². The highest BCUT2D eigenvalue weighted by Crippen LogP contribution is 2.21. The minimum atomic E-state index is 0.983. The zero-order valence-electron chi connectivity index (χ0n) is 6.59. The summed E-state index contributed by atoms with van der Waals surface area (Å²) >= 11 is 0. The maximum atomic E-state index is 3.34. The van der Waals surface area contributed by atoms with Gasteiger partial charge in [-0.25, -0.2) is 0 Å². The van der Waals surface area contributed by atoms with Gasteiger partial charge in [-0.2, -0.15) is 0 Å². The van der Waals surface area contributed by atoms with Crippen molar-refractivity contribution in [3.8, 4) is 0 Å². The third kappa shape index (κ3) is 1.16. The summed E-state index contributed by atoms with van der Waals surface area (Å²) in [4.78, 5) is 0. The molecule has 1 aliphatic rings. The predicted octanol–water partition coefficient (Wildman–Crippen LogP) is 1.09. The van der Waals surface area contributed by atoms with E-state index in [0.717, 1.165) is 6.54 Å². The van der Waals surface area contributed by atoms with Crippen LogP contribution in [0.3, 0.4) is 0 Å². The van der Waals surface area contributed by atoms with Gasteiger partial charge in [-0.1, -0.05) is 29.7 Å². The van der Waals surface area contributed by atoms with Crippen LogP contribution in [0.25, 0.3) is 6.08 Å². The van der Waals surface area contributed by atoms with Crippen LogP contribution in [0.5, 0.6) is 0 Å². The largest absolute Gasteiger partial charge is 0.382 e. The first-order chi connectivity index (χ1) is 5.36. The Morgan fingerprint density at radius 3 is 3.00 bits per heavy atom. The molecule has 0 radical (unpaired) electrons. The molecular formula is C9H10BN. The van der Waals surface area contributed by atoms with E-state index in [0.29, 0.717) is 0 Å². The van der Waals surface area contributed by atoms with E-state index in [1.807, 2.05) is 0 Å². The van der Waals surface area contributed by atoms with Crippen molar-refractivity contribution in [2.75, 3.05) is 11.9 Å². The second kappa shape index (κ2) is 2.46. The molecule has 1 aromatic carbocycles. The van der Waals surface area contributed by atoms with Gasteiger partial charge in [0.2, 0.25) is 0 Å². The van der Waals surface area contributed by atoms with Gasteiger partial charge in [-0.15, -0.1) is 0 Å². The van der Waals surface area contributed by atoms with Gasteiger partial charge in [0.05, 0.1) is 0 Å².